The van der Waals surface area contributed by atoms with Crippen molar-refractivity contribution in [1.29, 1.82) is 0 Å². The van der Waals surface area contributed by atoms with Crippen LogP contribution in [0.4, 0.5) is 0 Å². The molecule has 4 rings (SSSR count). The molecule has 0 aliphatic carbocycles. The van der Waals surface area contributed by atoms with Crippen molar-refractivity contribution >= 4 is 34.7 Å². The molecule has 0 fully saturated rings. The van der Waals surface area contributed by atoms with Gasteiger partial charge in [-0.2, -0.15) is 0 Å². The van der Waals surface area contributed by atoms with Gasteiger partial charge in [-0.1, -0.05) is 71.9 Å². The number of halogens is 1. The quantitative estimate of drug-likeness (QED) is 0.377. The minimum Gasteiger partial charge on any atom is -0.410 e. The highest BCUT2D eigenvalue weighted by Crippen LogP contribution is 2.41. The van der Waals surface area contributed by atoms with Gasteiger partial charge in [-0.25, -0.2) is 0 Å². The molecule has 0 bridgehead atoms. The molecule has 6 heteroatoms. The minimum atomic E-state index is 0.0510. The van der Waals surface area contributed by atoms with Crippen LogP contribution in [0.1, 0.15) is 16.4 Å². The van der Waals surface area contributed by atoms with Crippen molar-refractivity contribution in [2.24, 2.45) is 0 Å². The second-order valence-corrected chi connectivity index (χ2v) is 7.75. The third-order valence-corrected chi connectivity index (χ3v) is 5.89. The Labute approximate surface area is 158 Å². The molecule has 1 atom stereocenters. The van der Waals surface area contributed by atoms with E-state index in [4.69, 9.17) is 16.0 Å². The number of nitrogens with zero attached hydrogens (tertiary/aromatic N) is 2. The number of aromatic nitrogens is 2. The Bertz CT molecular complexity index is 937. The van der Waals surface area contributed by atoms with E-state index in [-0.39, 0.29) is 5.25 Å². The van der Waals surface area contributed by atoms with Crippen LogP contribution in [0.5, 0.6) is 0 Å². The lowest BCUT2D eigenvalue weighted by molar-refractivity contribution is 0.466. The number of thioether (sulfide) groups is 1. The topological polar surface area (TPSA) is 38.9 Å². The molecular weight excluding hydrogens is 372 g/mol. The van der Waals surface area contributed by atoms with Crippen LogP contribution in [0.15, 0.2) is 81.8 Å². The summed E-state index contributed by atoms with van der Waals surface area (Å²) < 4.78 is 5.85. The molecule has 0 amide bonds. The van der Waals surface area contributed by atoms with E-state index in [1.807, 2.05) is 60.0 Å². The molecule has 0 aliphatic rings. The van der Waals surface area contributed by atoms with Crippen LogP contribution in [-0.4, -0.2) is 10.2 Å². The summed E-state index contributed by atoms with van der Waals surface area (Å²) in [6.07, 6.45) is 0. The van der Waals surface area contributed by atoms with Crippen LogP contribution in [-0.2, 0) is 0 Å². The molecule has 0 spiro atoms. The maximum absolute atomic E-state index is 6.04. The number of benzene rings is 2. The van der Waals surface area contributed by atoms with Crippen molar-refractivity contribution in [3.8, 4) is 10.8 Å². The van der Waals surface area contributed by atoms with Gasteiger partial charge in [0.15, 0.2) is 0 Å². The molecule has 0 aliphatic heterocycles. The van der Waals surface area contributed by atoms with E-state index in [9.17, 15) is 0 Å². The number of thiophene rings is 1. The molecule has 4 aromatic rings. The fraction of sp³-hybridized carbons (Fsp3) is 0.0526. The van der Waals surface area contributed by atoms with Crippen LogP contribution < -0.4 is 0 Å². The molecule has 3 nitrogen and oxygen atoms in total. The predicted molar refractivity (Wildman–Crippen MR) is 103 cm³/mol. The molecule has 2 heterocycles. The average Bonchev–Trinajstić information content (AvgIpc) is 3.33. The first-order valence-corrected chi connectivity index (χ1v) is 9.78. The molecule has 2 aromatic heterocycles. The number of rotatable bonds is 5. The Morgan fingerprint density at radius 3 is 2.36 bits per heavy atom. The van der Waals surface area contributed by atoms with E-state index >= 15 is 0 Å². The zero-order chi connectivity index (χ0) is 17.1. The van der Waals surface area contributed by atoms with Crippen molar-refractivity contribution in [1.82, 2.24) is 10.2 Å². The molecular formula is C19H13ClN2OS2. The summed E-state index contributed by atoms with van der Waals surface area (Å²) in [5.74, 6) is 0.556. The zero-order valence-electron chi connectivity index (χ0n) is 13.0. The van der Waals surface area contributed by atoms with Gasteiger partial charge >= 0.3 is 0 Å². The van der Waals surface area contributed by atoms with Gasteiger partial charge in [-0.05, 0) is 34.7 Å². The summed E-state index contributed by atoms with van der Waals surface area (Å²) in [6, 6.07) is 22.1. The smallest absolute Gasteiger partial charge is 0.277 e. The van der Waals surface area contributed by atoms with E-state index in [2.05, 4.69) is 22.3 Å². The third kappa shape index (κ3) is 3.79. The molecule has 0 N–H and O–H groups in total. The molecule has 0 radical (unpaired) electrons. The summed E-state index contributed by atoms with van der Waals surface area (Å²) in [5.41, 5.74) is 2.31. The van der Waals surface area contributed by atoms with Gasteiger partial charge in [-0.15, -0.1) is 21.5 Å². The Kier molecular flexibility index (Phi) is 4.88. The van der Waals surface area contributed by atoms with E-state index < -0.39 is 0 Å². The van der Waals surface area contributed by atoms with Crippen LogP contribution in [0.25, 0.3) is 10.8 Å². The first kappa shape index (κ1) is 16.4. The first-order valence-electron chi connectivity index (χ1n) is 7.64. The highest BCUT2D eigenvalue weighted by molar-refractivity contribution is 7.99. The molecule has 0 saturated carbocycles. The van der Waals surface area contributed by atoms with Crippen LogP contribution in [0.3, 0.4) is 0 Å². The van der Waals surface area contributed by atoms with Gasteiger partial charge in [0.2, 0.25) is 0 Å². The second kappa shape index (κ2) is 7.44. The summed E-state index contributed by atoms with van der Waals surface area (Å²) in [6.45, 7) is 0. The Morgan fingerprint density at radius 1 is 0.880 bits per heavy atom. The van der Waals surface area contributed by atoms with Crippen LogP contribution in [0.2, 0.25) is 5.02 Å². The SMILES string of the molecule is Clc1ccc(C(Sc2nnc(-c3cccs3)o2)c2ccccc2)cc1. The lowest BCUT2D eigenvalue weighted by atomic mass is 10.0. The fourth-order valence-electron chi connectivity index (χ4n) is 2.45. The average molecular weight is 385 g/mol. The Balaban J connectivity index is 1.66. The maximum Gasteiger partial charge on any atom is 0.277 e. The van der Waals surface area contributed by atoms with Gasteiger partial charge in [0.25, 0.3) is 11.1 Å². The largest absolute Gasteiger partial charge is 0.410 e. The Hall–Kier alpha value is -2.08. The maximum atomic E-state index is 6.04. The van der Waals surface area contributed by atoms with Gasteiger partial charge in [-0.3, -0.25) is 0 Å². The van der Waals surface area contributed by atoms with Crippen molar-refractivity contribution in [2.75, 3.05) is 0 Å². The van der Waals surface area contributed by atoms with Crippen molar-refractivity contribution in [2.45, 2.75) is 10.5 Å². The summed E-state index contributed by atoms with van der Waals surface area (Å²) in [4.78, 5) is 0.974. The van der Waals surface area contributed by atoms with Gasteiger partial charge in [0.1, 0.15) is 0 Å². The minimum absolute atomic E-state index is 0.0510. The van der Waals surface area contributed by atoms with Crippen LogP contribution >= 0.6 is 34.7 Å². The normalized spacial score (nSPS) is 12.2. The summed E-state index contributed by atoms with van der Waals surface area (Å²) in [5, 5.41) is 11.7. The molecule has 25 heavy (non-hydrogen) atoms. The Morgan fingerprint density at radius 2 is 1.64 bits per heavy atom. The highest BCUT2D eigenvalue weighted by Gasteiger charge is 2.20. The molecule has 1 unspecified atom stereocenters. The summed E-state index contributed by atoms with van der Waals surface area (Å²) in [7, 11) is 0. The van der Waals surface area contributed by atoms with Crippen LogP contribution in [0, 0.1) is 0 Å². The standard InChI is InChI=1S/C19H13ClN2OS2/c20-15-10-8-14(9-11-15)17(13-5-2-1-3-6-13)25-19-22-21-18(23-19)16-7-4-12-24-16/h1-12,17H. The number of hydrogen-bond acceptors (Lipinski definition) is 5. The lowest BCUT2D eigenvalue weighted by Crippen LogP contribution is -1.96. The van der Waals surface area contributed by atoms with Gasteiger partial charge in [0, 0.05) is 5.02 Å². The van der Waals surface area contributed by atoms with E-state index in [1.54, 1.807) is 23.1 Å². The predicted octanol–water partition coefficient (Wildman–Crippen LogP) is 6.33. The zero-order valence-corrected chi connectivity index (χ0v) is 15.4. The third-order valence-electron chi connectivity index (χ3n) is 3.63. The lowest BCUT2D eigenvalue weighted by Gasteiger charge is -2.15. The van der Waals surface area contributed by atoms with E-state index in [0.717, 1.165) is 15.5 Å². The van der Waals surface area contributed by atoms with Crippen molar-refractivity contribution in [3.05, 3.63) is 88.3 Å². The summed E-state index contributed by atoms with van der Waals surface area (Å²) >= 11 is 9.16. The van der Waals surface area contributed by atoms with E-state index in [0.29, 0.717) is 11.1 Å². The highest BCUT2D eigenvalue weighted by atomic mass is 35.5. The molecule has 2 aromatic carbocycles. The second-order valence-electron chi connectivity index (χ2n) is 5.31. The molecule has 124 valence electrons. The van der Waals surface area contributed by atoms with Crippen molar-refractivity contribution < 1.29 is 4.42 Å². The fourth-order valence-corrected chi connectivity index (χ4v) is 4.23. The number of hydrogen-bond donors (Lipinski definition) is 0. The first-order chi connectivity index (χ1) is 12.3. The van der Waals surface area contributed by atoms with E-state index in [1.165, 1.54) is 5.56 Å². The van der Waals surface area contributed by atoms with Gasteiger partial charge in [0.05, 0.1) is 10.1 Å². The van der Waals surface area contributed by atoms with Gasteiger partial charge < -0.3 is 4.42 Å². The monoisotopic (exact) mass is 384 g/mol. The van der Waals surface area contributed by atoms with Crippen molar-refractivity contribution in [3.63, 3.8) is 0 Å². The molecule has 0 saturated heterocycles.